The first-order valence-corrected chi connectivity index (χ1v) is 9.10. The van der Waals surface area contributed by atoms with Crippen molar-refractivity contribution in [1.29, 1.82) is 0 Å². The third-order valence-corrected chi connectivity index (χ3v) is 5.10. The van der Waals surface area contributed by atoms with Crippen molar-refractivity contribution in [3.63, 3.8) is 0 Å². The monoisotopic (exact) mass is 353 g/mol. The van der Waals surface area contributed by atoms with Gasteiger partial charge in [0.15, 0.2) is 11.5 Å². The Labute approximate surface area is 158 Å². The highest BCUT2D eigenvalue weighted by molar-refractivity contribution is 6.13. The normalized spacial score (nSPS) is 16.9. The van der Waals surface area contributed by atoms with Crippen LogP contribution in [0, 0.1) is 0 Å². The molecule has 0 aromatic heterocycles. The molecule has 1 aliphatic carbocycles. The van der Waals surface area contributed by atoms with E-state index in [1.807, 2.05) is 42.5 Å². The van der Waals surface area contributed by atoms with Crippen molar-refractivity contribution in [2.24, 2.45) is 4.99 Å². The number of nitrogens with zero attached hydrogens (tertiary/aromatic N) is 1. The van der Waals surface area contributed by atoms with Gasteiger partial charge in [0.25, 0.3) is 0 Å². The molecule has 132 valence electrons. The van der Waals surface area contributed by atoms with E-state index in [4.69, 9.17) is 14.5 Å². The predicted molar refractivity (Wildman–Crippen MR) is 107 cm³/mol. The van der Waals surface area contributed by atoms with Crippen LogP contribution < -0.4 is 9.47 Å². The van der Waals surface area contributed by atoms with Gasteiger partial charge in [0.05, 0.1) is 11.8 Å². The van der Waals surface area contributed by atoms with Gasteiger partial charge in [-0.15, -0.1) is 0 Å². The van der Waals surface area contributed by atoms with E-state index < -0.39 is 0 Å². The van der Waals surface area contributed by atoms with Crippen LogP contribution in [0.3, 0.4) is 0 Å². The average molecular weight is 353 g/mol. The summed E-state index contributed by atoms with van der Waals surface area (Å²) in [7, 11) is 0. The Kier molecular flexibility index (Phi) is 3.79. The molecule has 2 aliphatic rings. The number of fused-ring (bicyclic) bond motifs is 2. The second-order valence-corrected chi connectivity index (χ2v) is 6.83. The lowest BCUT2D eigenvalue weighted by Gasteiger charge is -2.13. The van der Waals surface area contributed by atoms with E-state index in [2.05, 4.69) is 36.9 Å². The molecule has 1 unspecified atom stereocenters. The van der Waals surface area contributed by atoms with E-state index in [0.717, 1.165) is 51.5 Å². The molecule has 5 rings (SSSR count). The predicted octanol–water partition coefficient (Wildman–Crippen LogP) is 5.41. The summed E-state index contributed by atoms with van der Waals surface area (Å²) >= 11 is 0. The second-order valence-electron chi connectivity index (χ2n) is 6.83. The molecule has 3 aromatic rings. The lowest BCUT2D eigenvalue weighted by molar-refractivity contribution is 0.174. The number of ether oxygens (including phenoxy) is 2. The van der Waals surface area contributed by atoms with Crippen LogP contribution in [0.15, 0.2) is 84.4 Å². The van der Waals surface area contributed by atoms with Gasteiger partial charge in [-0.05, 0) is 35.3 Å². The minimum absolute atomic E-state index is 0.0254. The lowest BCUT2D eigenvalue weighted by Crippen LogP contribution is -2.06. The molecule has 3 heteroatoms. The zero-order chi connectivity index (χ0) is 18.2. The van der Waals surface area contributed by atoms with Gasteiger partial charge >= 0.3 is 0 Å². The maximum Gasteiger partial charge on any atom is 0.231 e. The highest BCUT2D eigenvalue weighted by atomic mass is 16.7. The molecule has 0 amide bonds. The largest absolute Gasteiger partial charge is 0.454 e. The van der Waals surface area contributed by atoms with Crippen molar-refractivity contribution in [1.82, 2.24) is 0 Å². The number of rotatable bonds is 3. The van der Waals surface area contributed by atoms with Crippen molar-refractivity contribution < 1.29 is 9.47 Å². The molecule has 1 heterocycles. The van der Waals surface area contributed by atoms with Gasteiger partial charge in [-0.2, -0.15) is 0 Å². The molecule has 0 saturated carbocycles. The van der Waals surface area contributed by atoms with E-state index in [0.29, 0.717) is 0 Å². The fraction of sp³-hybridized carbons (Fsp3) is 0.125. The third-order valence-electron chi connectivity index (χ3n) is 5.10. The summed E-state index contributed by atoms with van der Waals surface area (Å²) in [6.45, 7) is 4.53. The topological polar surface area (TPSA) is 30.8 Å². The molecule has 3 aromatic carbocycles. The van der Waals surface area contributed by atoms with Gasteiger partial charge in [0, 0.05) is 11.1 Å². The Balaban J connectivity index is 1.63. The summed E-state index contributed by atoms with van der Waals surface area (Å²) in [6, 6.07) is 24.8. The Hall–Kier alpha value is -3.33. The van der Waals surface area contributed by atoms with E-state index >= 15 is 0 Å². The first-order chi connectivity index (χ1) is 13.3. The molecule has 0 saturated heterocycles. The van der Waals surface area contributed by atoms with Gasteiger partial charge in [-0.25, -0.2) is 0 Å². The molecule has 1 aliphatic heterocycles. The van der Waals surface area contributed by atoms with E-state index in [1.165, 1.54) is 0 Å². The van der Waals surface area contributed by atoms with Crippen LogP contribution in [0.5, 0.6) is 11.5 Å². The molecular weight excluding hydrogens is 334 g/mol. The third kappa shape index (κ3) is 2.81. The SMILES string of the molecule is C=C1CC(N=C(c2ccccc2)c2ccccc2)c2cc3c(cc21)OCO3. The standard InChI is InChI=1S/C24H19NO2/c1-16-12-21(20-14-23-22(13-19(16)20)26-15-27-23)25-24(17-8-4-2-5-9-17)18-10-6-3-7-11-18/h2-11,13-14,21H,1,12,15H2. The van der Waals surface area contributed by atoms with Crippen molar-refractivity contribution >= 4 is 11.3 Å². The minimum atomic E-state index is 0.0254. The van der Waals surface area contributed by atoms with E-state index in [-0.39, 0.29) is 12.8 Å². The summed E-state index contributed by atoms with van der Waals surface area (Å²) in [5, 5.41) is 0. The van der Waals surface area contributed by atoms with Crippen molar-refractivity contribution in [3.8, 4) is 11.5 Å². The molecule has 0 N–H and O–H groups in total. The van der Waals surface area contributed by atoms with Gasteiger partial charge in [-0.3, -0.25) is 4.99 Å². The summed E-state index contributed by atoms with van der Waals surface area (Å²) in [6.07, 6.45) is 0.807. The smallest absolute Gasteiger partial charge is 0.231 e. The summed E-state index contributed by atoms with van der Waals surface area (Å²) in [4.78, 5) is 5.19. The van der Waals surface area contributed by atoms with Gasteiger partial charge in [-0.1, -0.05) is 67.2 Å². The maximum absolute atomic E-state index is 5.58. The van der Waals surface area contributed by atoms with Crippen LogP contribution in [-0.4, -0.2) is 12.5 Å². The van der Waals surface area contributed by atoms with E-state index in [9.17, 15) is 0 Å². The molecule has 0 radical (unpaired) electrons. The average Bonchev–Trinajstić information content (AvgIpc) is 3.30. The van der Waals surface area contributed by atoms with Crippen LogP contribution >= 0.6 is 0 Å². The zero-order valence-corrected chi connectivity index (χ0v) is 14.9. The molecule has 1 atom stereocenters. The molecule has 0 bridgehead atoms. The first kappa shape index (κ1) is 15.9. The van der Waals surface area contributed by atoms with Gasteiger partial charge in [0.1, 0.15) is 0 Å². The van der Waals surface area contributed by atoms with Crippen molar-refractivity contribution in [2.45, 2.75) is 12.5 Å². The Bertz CT molecular complexity index is 997. The summed E-state index contributed by atoms with van der Waals surface area (Å²) in [5.74, 6) is 1.59. The van der Waals surface area contributed by atoms with Gasteiger partial charge < -0.3 is 9.47 Å². The van der Waals surface area contributed by atoms with Crippen molar-refractivity contribution in [2.75, 3.05) is 6.79 Å². The fourth-order valence-corrected chi connectivity index (χ4v) is 3.77. The number of hydrogen-bond donors (Lipinski definition) is 0. The molecule has 0 spiro atoms. The Morgan fingerprint density at radius 1 is 0.852 bits per heavy atom. The van der Waals surface area contributed by atoms with Gasteiger partial charge in [0.2, 0.25) is 6.79 Å². The molecule has 27 heavy (non-hydrogen) atoms. The highest BCUT2D eigenvalue weighted by Crippen LogP contribution is 2.47. The summed E-state index contributed by atoms with van der Waals surface area (Å²) in [5.41, 5.74) is 6.62. The van der Waals surface area contributed by atoms with Crippen LogP contribution in [0.1, 0.15) is 34.7 Å². The molecule has 0 fully saturated rings. The second kappa shape index (κ2) is 6.44. The van der Waals surface area contributed by atoms with Crippen LogP contribution in [0.2, 0.25) is 0 Å². The zero-order valence-electron chi connectivity index (χ0n) is 14.9. The van der Waals surface area contributed by atoms with Crippen molar-refractivity contribution in [3.05, 3.63) is 102 Å². The van der Waals surface area contributed by atoms with E-state index in [1.54, 1.807) is 0 Å². The number of aliphatic imine (C=N–C) groups is 1. The number of hydrogen-bond acceptors (Lipinski definition) is 3. The quantitative estimate of drug-likeness (QED) is 0.589. The minimum Gasteiger partial charge on any atom is -0.454 e. The number of benzene rings is 3. The Morgan fingerprint density at radius 3 is 2.07 bits per heavy atom. The first-order valence-electron chi connectivity index (χ1n) is 9.10. The summed E-state index contributed by atoms with van der Waals surface area (Å²) < 4.78 is 11.1. The van der Waals surface area contributed by atoms with Crippen LogP contribution in [0.25, 0.3) is 5.57 Å². The lowest BCUT2D eigenvalue weighted by atomic mass is 10.0. The maximum atomic E-state index is 5.58. The van der Waals surface area contributed by atoms with Crippen LogP contribution in [-0.2, 0) is 0 Å². The molecule has 3 nitrogen and oxygen atoms in total. The molecular formula is C24H19NO2. The fourth-order valence-electron chi connectivity index (χ4n) is 3.77. The highest BCUT2D eigenvalue weighted by Gasteiger charge is 2.29. The van der Waals surface area contributed by atoms with Crippen LogP contribution in [0.4, 0.5) is 0 Å². The Morgan fingerprint density at radius 2 is 1.44 bits per heavy atom.